The molecule has 0 aliphatic heterocycles. The van der Waals surface area contributed by atoms with Gasteiger partial charge >= 0.3 is 0 Å². The molecule has 2 nitrogen and oxygen atoms in total. The van der Waals surface area contributed by atoms with E-state index in [9.17, 15) is 9.59 Å². The molecule has 2 heteroatoms. The molecule has 0 aromatic heterocycles. The maximum atomic E-state index is 12.4. The molecule has 2 aliphatic carbocycles. The van der Waals surface area contributed by atoms with Crippen LogP contribution in [-0.4, -0.2) is 11.6 Å². The molecule has 0 amide bonds. The fourth-order valence-corrected chi connectivity index (χ4v) is 4.02. The molecule has 1 atom stereocenters. The molecule has 26 heavy (non-hydrogen) atoms. The Labute approximate surface area is 157 Å². The lowest BCUT2D eigenvalue weighted by molar-refractivity contribution is -0.118. The van der Waals surface area contributed by atoms with Crippen molar-refractivity contribution in [2.45, 2.75) is 65.2 Å². The number of allylic oxidation sites excluding steroid dienone is 4. The second-order valence-corrected chi connectivity index (χ2v) is 7.73. The molecule has 1 saturated carbocycles. The summed E-state index contributed by atoms with van der Waals surface area (Å²) in [6, 6.07) is 7.58. The lowest BCUT2D eigenvalue weighted by Crippen LogP contribution is -2.08. The van der Waals surface area contributed by atoms with Crippen LogP contribution in [0.5, 0.6) is 0 Å². The van der Waals surface area contributed by atoms with E-state index in [2.05, 4.69) is 19.1 Å². The Kier molecular flexibility index (Phi) is 6.24. The van der Waals surface area contributed by atoms with Crippen molar-refractivity contribution in [1.29, 1.82) is 0 Å². The van der Waals surface area contributed by atoms with Crippen LogP contribution in [0.4, 0.5) is 0 Å². The molecule has 1 aromatic rings. The fourth-order valence-electron chi connectivity index (χ4n) is 4.02. The first-order chi connectivity index (χ1) is 12.6. The van der Waals surface area contributed by atoms with Crippen molar-refractivity contribution in [3.8, 4) is 0 Å². The molecule has 0 radical (unpaired) electrons. The van der Waals surface area contributed by atoms with Crippen LogP contribution in [-0.2, 0) is 11.2 Å². The Morgan fingerprint density at radius 2 is 1.73 bits per heavy atom. The second kappa shape index (κ2) is 8.62. The summed E-state index contributed by atoms with van der Waals surface area (Å²) < 4.78 is 0. The minimum Gasteiger partial charge on any atom is -0.299 e. The quantitative estimate of drug-likeness (QED) is 0.495. The number of Topliss-reactive ketones (excluding diaryl/α,β-unsaturated/α-hetero) is 2. The van der Waals surface area contributed by atoms with Gasteiger partial charge in [-0.15, -0.1) is 0 Å². The van der Waals surface area contributed by atoms with Crippen LogP contribution in [0.25, 0.3) is 0 Å². The zero-order valence-electron chi connectivity index (χ0n) is 16.1. The van der Waals surface area contributed by atoms with Gasteiger partial charge in [-0.1, -0.05) is 61.4 Å². The third-order valence-electron chi connectivity index (χ3n) is 5.64. The van der Waals surface area contributed by atoms with Crippen LogP contribution >= 0.6 is 0 Å². The molecule has 1 fully saturated rings. The highest BCUT2D eigenvalue weighted by molar-refractivity contribution is 5.96. The molecule has 2 aliphatic rings. The molecule has 0 N–H and O–H groups in total. The van der Waals surface area contributed by atoms with Crippen molar-refractivity contribution in [2.75, 3.05) is 0 Å². The van der Waals surface area contributed by atoms with Crippen molar-refractivity contribution in [2.24, 2.45) is 11.8 Å². The van der Waals surface area contributed by atoms with Gasteiger partial charge in [-0.2, -0.15) is 0 Å². The normalized spacial score (nSPS) is 19.2. The van der Waals surface area contributed by atoms with Crippen LogP contribution < -0.4 is 0 Å². The average Bonchev–Trinajstić information content (AvgIpc) is 3.40. The van der Waals surface area contributed by atoms with E-state index in [1.165, 1.54) is 18.4 Å². The van der Waals surface area contributed by atoms with Crippen LogP contribution in [0.3, 0.4) is 0 Å². The lowest BCUT2D eigenvalue weighted by atomic mass is 9.87. The maximum absolute atomic E-state index is 12.4. The van der Waals surface area contributed by atoms with E-state index < -0.39 is 0 Å². The summed E-state index contributed by atoms with van der Waals surface area (Å²) in [4.78, 5) is 24.3. The number of rotatable bonds is 10. The summed E-state index contributed by atoms with van der Waals surface area (Å²) in [5, 5.41) is 0. The summed E-state index contributed by atoms with van der Waals surface area (Å²) in [5.41, 5.74) is 4.82. The maximum Gasteiger partial charge on any atom is 0.162 e. The van der Waals surface area contributed by atoms with Crippen molar-refractivity contribution in [3.63, 3.8) is 0 Å². The molecule has 1 unspecified atom stereocenters. The average molecular weight is 351 g/mol. The highest BCUT2D eigenvalue weighted by atomic mass is 16.1. The van der Waals surface area contributed by atoms with E-state index in [0.29, 0.717) is 25.2 Å². The summed E-state index contributed by atoms with van der Waals surface area (Å²) >= 11 is 0. The van der Waals surface area contributed by atoms with Gasteiger partial charge in [-0.3, -0.25) is 9.59 Å². The number of carbonyl (C=O) groups is 2. The third-order valence-corrected chi connectivity index (χ3v) is 5.64. The molecule has 1 aromatic carbocycles. The van der Waals surface area contributed by atoms with Gasteiger partial charge in [0.25, 0.3) is 0 Å². The number of carbonyl (C=O) groups excluding carboxylic acids is 2. The summed E-state index contributed by atoms with van der Waals surface area (Å²) in [6.45, 7) is 4.26. The van der Waals surface area contributed by atoms with Gasteiger partial charge in [-0.05, 0) is 43.6 Å². The minimum absolute atomic E-state index is 0.183. The van der Waals surface area contributed by atoms with E-state index in [1.807, 2.05) is 31.2 Å². The van der Waals surface area contributed by atoms with Gasteiger partial charge in [0, 0.05) is 30.7 Å². The topological polar surface area (TPSA) is 34.1 Å². The molecule has 0 spiro atoms. The third kappa shape index (κ3) is 4.60. The molecule has 0 saturated heterocycles. The van der Waals surface area contributed by atoms with E-state index in [4.69, 9.17) is 0 Å². The molecule has 3 rings (SSSR count). The predicted octanol–water partition coefficient (Wildman–Crippen LogP) is 5.86. The van der Waals surface area contributed by atoms with Crippen molar-refractivity contribution in [1.82, 2.24) is 0 Å². The Morgan fingerprint density at radius 1 is 1.00 bits per heavy atom. The number of hydrogen-bond acceptors (Lipinski definition) is 2. The number of hydrogen-bond donors (Lipinski definition) is 0. The van der Waals surface area contributed by atoms with Gasteiger partial charge in [-0.25, -0.2) is 0 Å². The highest BCUT2D eigenvalue weighted by Crippen LogP contribution is 2.46. The molecular formula is C24H30O2. The highest BCUT2D eigenvalue weighted by Gasteiger charge is 2.33. The zero-order chi connectivity index (χ0) is 18.5. The van der Waals surface area contributed by atoms with E-state index >= 15 is 0 Å². The number of ketones is 2. The first-order valence-electron chi connectivity index (χ1n) is 10.2. The monoisotopic (exact) mass is 350 g/mol. The first-order valence-corrected chi connectivity index (χ1v) is 10.2. The van der Waals surface area contributed by atoms with Crippen LogP contribution in [0.1, 0.15) is 74.7 Å². The fraction of sp³-hybridized carbons (Fsp3) is 0.500. The van der Waals surface area contributed by atoms with Crippen LogP contribution in [0, 0.1) is 11.8 Å². The Bertz CT molecular complexity index is 717. The molecule has 0 bridgehead atoms. The summed E-state index contributed by atoms with van der Waals surface area (Å²) in [5.74, 6) is 1.87. The molecule has 0 heterocycles. The van der Waals surface area contributed by atoms with Crippen molar-refractivity contribution < 1.29 is 9.59 Å². The Hall–Kier alpha value is -1.96. The largest absolute Gasteiger partial charge is 0.299 e. The van der Waals surface area contributed by atoms with Gasteiger partial charge in [0.15, 0.2) is 5.78 Å². The molecule has 138 valence electrons. The first kappa shape index (κ1) is 18.8. The SMILES string of the molecule is CCCC(=O)c1ccc(CC(=O)CCC2=CC=C(C3CC3)C2CC)cc1. The van der Waals surface area contributed by atoms with Crippen molar-refractivity contribution in [3.05, 3.63) is 58.7 Å². The summed E-state index contributed by atoms with van der Waals surface area (Å²) in [6.07, 6.45) is 11.8. The Balaban J connectivity index is 1.48. The van der Waals surface area contributed by atoms with Gasteiger partial charge < -0.3 is 0 Å². The smallest absolute Gasteiger partial charge is 0.162 e. The van der Waals surface area contributed by atoms with Gasteiger partial charge in [0.05, 0.1) is 0 Å². The lowest BCUT2D eigenvalue weighted by Gasteiger charge is -2.17. The zero-order valence-corrected chi connectivity index (χ0v) is 16.1. The summed E-state index contributed by atoms with van der Waals surface area (Å²) in [7, 11) is 0. The second-order valence-electron chi connectivity index (χ2n) is 7.73. The van der Waals surface area contributed by atoms with Crippen LogP contribution in [0.15, 0.2) is 47.6 Å². The number of benzene rings is 1. The van der Waals surface area contributed by atoms with E-state index in [-0.39, 0.29) is 11.6 Å². The van der Waals surface area contributed by atoms with E-state index in [1.54, 1.807) is 5.57 Å². The predicted molar refractivity (Wildman–Crippen MR) is 106 cm³/mol. The van der Waals surface area contributed by atoms with E-state index in [0.717, 1.165) is 36.3 Å². The van der Waals surface area contributed by atoms with Crippen molar-refractivity contribution >= 4 is 11.6 Å². The molecular weight excluding hydrogens is 320 g/mol. The minimum atomic E-state index is 0.183. The van der Waals surface area contributed by atoms with Crippen LogP contribution in [0.2, 0.25) is 0 Å². The Morgan fingerprint density at radius 3 is 2.35 bits per heavy atom. The van der Waals surface area contributed by atoms with Gasteiger partial charge in [0.2, 0.25) is 0 Å². The van der Waals surface area contributed by atoms with Gasteiger partial charge in [0.1, 0.15) is 5.78 Å². The standard InChI is InChI=1S/C24H30O2/c1-3-5-24(26)20-8-6-17(7-9-20)16-21(25)14-12-18-13-15-23(19-10-11-19)22(18)4-2/h6-9,13,15,19,22H,3-5,10-12,14,16H2,1-2H3.